The number of rotatable bonds is 5. The molecule has 0 amide bonds. The van der Waals surface area contributed by atoms with Crippen LogP contribution in [0.1, 0.15) is 31.5 Å². The van der Waals surface area contributed by atoms with Crippen molar-refractivity contribution in [1.82, 2.24) is 9.97 Å². The molecule has 1 aliphatic rings. The molecule has 0 radical (unpaired) electrons. The van der Waals surface area contributed by atoms with Crippen molar-refractivity contribution in [3.63, 3.8) is 0 Å². The highest BCUT2D eigenvalue weighted by molar-refractivity contribution is 8.00. The molecule has 118 valence electrons. The molecule has 1 aliphatic carbocycles. The molecule has 1 heterocycles. The van der Waals surface area contributed by atoms with Gasteiger partial charge in [-0.2, -0.15) is 24.9 Å². The number of thioether (sulfide) groups is 1. The Morgan fingerprint density at radius 3 is 2.38 bits per heavy atom. The maximum atomic E-state index is 12.8. The largest absolute Gasteiger partial charge is 0.451 e. The second-order valence-corrected chi connectivity index (χ2v) is 6.43. The molecule has 21 heavy (non-hydrogen) atoms. The van der Waals surface area contributed by atoms with E-state index >= 15 is 0 Å². The van der Waals surface area contributed by atoms with E-state index in [1.807, 2.05) is 6.26 Å². The summed E-state index contributed by atoms with van der Waals surface area (Å²) in [5.41, 5.74) is 0. The molecule has 0 saturated heterocycles. The monoisotopic (exact) mass is 320 g/mol. The summed E-state index contributed by atoms with van der Waals surface area (Å²) >= 11 is 1.78. The van der Waals surface area contributed by atoms with Gasteiger partial charge in [0.05, 0.1) is 0 Å². The Hall–Kier alpha value is -1.18. The summed E-state index contributed by atoms with van der Waals surface area (Å²) in [6.07, 6.45) is 2.00. The molecule has 2 N–H and O–H groups in total. The second-order valence-electron chi connectivity index (χ2n) is 5.16. The van der Waals surface area contributed by atoms with Crippen molar-refractivity contribution in [2.45, 2.75) is 36.6 Å². The summed E-state index contributed by atoms with van der Waals surface area (Å²) in [7, 11) is 1.53. The molecule has 4 nitrogen and oxygen atoms in total. The molecular weight excluding hydrogens is 301 g/mol. The first-order valence-corrected chi connectivity index (χ1v) is 8.04. The van der Waals surface area contributed by atoms with E-state index in [-0.39, 0.29) is 16.4 Å². The van der Waals surface area contributed by atoms with Crippen LogP contribution < -0.4 is 10.6 Å². The number of halogens is 3. The normalized spacial score (nSPS) is 17.8. The number of hydrogen-bond donors (Lipinski definition) is 2. The summed E-state index contributed by atoms with van der Waals surface area (Å²) in [6.45, 7) is 0.617. The predicted molar refractivity (Wildman–Crippen MR) is 79.8 cm³/mol. The summed E-state index contributed by atoms with van der Waals surface area (Å²) < 4.78 is 38.4. The maximum absolute atomic E-state index is 12.8. The van der Waals surface area contributed by atoms with Crippen LogP contribution in [0, 0.1) is 0 Å². The zero-order chi connectivity index (χ0) is 15.5. The molecule has 0 aromatic carbocycles. The number of anilines is 2. The molecule has 0 unspecified atom stereocenters. The van der Waals surface area contributed by atoms with Crippen LogP contribution in [0.2, 0.25) is 0 Å². The fraction of sp³-hybridized carbons (Fsp3) is 0.692. The third kappa shape index (κ3) is 3.93. The van der Waals surface area contributed by atoms with Gasteiger partial charge in [0.1, 0.15) is 11.6 Å². The van der Waals surface area contributed by atoms with E-state index in [1.54, 1.807) is 11.8 Å². The fourth-order valence-electron chi connectivity index (χ4n) is 2.52. The van der Waals surface area contributed by atoms with Gasteiger partial charge in [0, 0.05) is 24.4 Å². The van der Waals surface area contributed by atoms with Gasteiger partial charge >= 0.3 is 6.18 Å². The van der Waals surface area contributed by atoms with Gasteiger partial charge in [0.25, 0.3) is 0 Å². The average Bonchev–Trinajstić information content (AvgIpc) is 2.93. The minimum absolute atomic E-state index is 0.100. The highest BCUT2D eigenvalue weighted by Gasteiger charge is 2.36. The van der Waals surface area contributed by atoms with Gasteiger partial charge in [-0.05, 0) is 19.1 Å². The van der Waals surface area contributed by atoms with Crippen molar-refractivity contribution >= 4 is 23.4 Å². The smallest absolute Gasteiger partial charge is 0.373 e. The first kappa shape index (κ1) is 16.2. The number of aromatic nitrogens is 2. The Bertz CT molecular complexity index is 487. The van der Waals surface area contributed by atoms with Crippen molar-refractivity contribution < 1.29 is 13.2 Å². The summed E-state index contributed by atoms with van der Waals surface area (Å²) in [4.78, 5) is 7.03. The topological polar surface area (TPSA) is 49.8 Å². The molecule has 1 fully saturated rings. The Morgan fingerprint density at radius 1 is 1.24 bits per heavy atom. The summed E-state index contributed by atoms with van der Waals surface area (Å²) in [5.74, 6) is -0.757. The van der Waals surface area contributed by atoms with Crippen LogP contribution >= 0.6 is 11.8 Å². The lowest BCUT2D eigenvalue weighted by Crippen LogP contribution is -2.30. The van der Waals surface area contributed by atoms with E-state index in [4.69, 9.17) is 0 Å². The highest BCUT2D eigenvalue weighted by atomic mass is 32.2. The van der Waals surface area contributed by atoms with E-state index in [1.165, 1.54) is 26.0 Å². The van der Waals surface area contributed by atoms with Crippen LogP contribution in [0.5, 0.6) is 0 Å². The van der Waals surface area contributed by atoms with Crippen molar-refractivity contribution in [2.24, 2.45) is 0 Å². The van der Waals surface area contributed by atoms with Gasteiger partial charge in [-0.3, -0.25) is 0 Å². The van der Waals surface area contributed by atoms with Crippen LogP contribution in [-0.4, -0.2) is 34.6 Å². The highest BCUT2D eigenvalue weighted by Crippen LogP contribution is 2.40. The van der Waals surface area contributed by atoms with Crippen molar-refractivity contribution in [1.29, 1.82) is 0 Å². The van der Waals surface area contributed by atoms with E-state index in [2.05, 4.69) is 20.6 Å². The molecular formula is C13H19F3N4S. The van der Waals surface area contributed by atoms with Crippen LogP contribution in [0.15, 0.2) is 6.07 Å². The lowest BCUT2D eigenvalue weighted by atomic mass is 10.1. The van der Waals surface area contributed by atoms with E-state index in [9.17, 15) is 13.2 Å². The van der Waals surface area contributed by atoms with Crippen LogP contribution in [-0.2, 0) is 6.18 Å². The minimum Gasteiger partial charge on any atom is -0.373 e. The third-order valence-electron chi connectivity index (χ3n) is 3.78. The molecule has 1 saturated carbocycles. The Balaban J connectivity index is 2.15. The second kappa shape index (κ2) is 6.29. The SMILES string of the molecule is CNc1cc(NCC2(SC)CCCC2)nc(C(F)(F)F)n1. The molecule has 0 atom stereocenters. The zero-order valence-corrected chi connectivity index (χ0v) is 12.9. The Kier molecular flexibility index (Phi) is 4.85. The first-order valence-electron chi connectivity index (χ1n) is 6.82. The summed E-state index contributed by atoms with van der Waals surface area (Å²) in [5, 5.41) is 5.69. The molecule has 0 spiro atoms. The Morgan fingerprint density at radius 2 is 1.86 bits per heavy atom. The van der Waals surface area contributed by atoms with Gasteiger partial charge in [-0.25, -0.2) is 9.97 Å². The summed E-state index contributed by atoms with van der Waals surface area (Å²) in [6, 6.07) is 1.50. The van der Waals surface area contributed by atoms with Crippen molar-refractivity contribution in [2.75, 3.05) is 30.5 Å². The molecule has 1 aromatic rings. The molecule has 1 aromatic heterocycles. The van der Waals surface area contributed by atoms with Crippen molar-refractivity contribution in [3.05, 3.63) is 11.9 Å². The van der Waals surface area contributed by atoms with E-state index in [0.29, 0.717) is 6.54 Å². The van der Waals surface area contributed by atoms with Crippen LogP contribution in [0.4, 0.5) is 24.8 Å². The Labute approximate surface area is 126 Å². The van der Waals surface area contributed by atoms with Gasteiger partial charge in [-0.15, -0.1) is 0 Å². The lowest BCUT2D eigenvalue weighted by Gasteiger charge is -2.27. The van der Waals surface area contributed by atoms with Gasteiger partial charge in [0.15, 0.2) is 0 Å². The molecule has 2 rings (SSSR count). The van der Waals surface area contributed by atoms with Gasteiger partial charge < -0.3 is 10.6 Å². The standard InChI is InChI=1S/C13H19F3N4S/c1-17-9-7-10(20-11(19-9)13(14,15)16)18-8-12(21-2)5-3-4-6-12/h7H,3-6,8H2,1-2H3,(H2,17,18,19,20). The third-order valence-corrected chi connectivity index (χ3v) is 5.19. The molecule has 8 heteroatoms. The number of alkyl halides is 3. The van der Waals surface area contributed by atoms with Gasteiger partial charge in [-0.1, -0.05) is 12.8 Å². The van der Waals surface area contributed by atoms with E-state index < -0.39 is 12.0 Å². The van der Waals surface area contributed by atoms with Crippen molar-refractivity contribution in [3.8, 4) is 0 Å². The quantitative estimate of drug-likeness (QED) is 0.868. The van der Waals surface area contributed by atoms with E-state index in [0.717, 1.165) is 12.8 Å². The fourth-order valence-corrected chi connectivity index (χ4v) is 3.43. The molecule has 0 bridgehead atoms. The molecule has 0 aliphatic heterocycles. The van der Waals surface area contributed by atoms with Gasteiger partial charge in [0.2, 0.25) is 5.82 Å². The maximum Gasteiger partial charge on any atom is 0.451 e. The van der Waals surface area contributed by atoms with Crippen LogP contribution in [0.25, 0.3) is 0 Å². The lowest BCUT2D eigenvalue weighted by molar-refractivity contribution is -0.144. The minimum atomic E-state index is -4.55. The first-order chi connectivity index (χ1) is 9.88. The zero-order valence-electron chi connectivity index (χ0n) is 12.0. The van der Waals surface area contributed by atoms with Crippen LogP contribution in [0.3, 0.4) is 0 Å². The predicted octanol–water partition coefficient (Wildman–Crippen LogP) is 3.62. The number of nitrogens with zero attached hydrogens (tertiary/aromatic N) is 2. The number of hydrogen-bond acceptors (Lipinski definition) is 5. The number of nitrogens with one attached hydrogen (secondary N) is 2. The average molecular weight is 320 g/mol.